The van der Waals surface area contributed by atoms with Crippen molar-refractivity contribution in [1.82, 2.24) is 4.98 Å². The Bertz CT molecular complexity index is 431. The molecule has 0 aromatic carbocycles. The number of thiazole rings is 1. The highest BCUT2D eigenvalue weighted by Gasteiger charge is 2.32. The molecule has 1 saturated heterocycles. The first kappa shape index (κ1) is 13.3. The second kappa shape index (κ2) is 5.24. The van der Waals surface area contributed by atoms with E-state index in [4.69, 9.17) is 9.84 Å². The smallest absolute Gasteiger partial charge is 0.303 e. The van der Waals surface area contributed by atoms with Crippen molar-refractivity contribution in [3.8, 4) is 0 Å². The molecular formula is C12H18N2O3S. The Labute approximate surface area is 110 Å². The summed E-state index contributed by atoms with van der Waals surface area (Å²) in [5, 5.41) is 11.6. The van der Waals surface area contributed by atoms with Gasteiger partial charge in [-0.05, 0) is 13.8 Å². The van der Waals surface area contributed by atoms with Crippen molar-refractivity contribution in [1.29, 1.82) is 0 Å². The van der Waals surface area contributed by atoms with Crippen molar-refractivity contribution < 1.29 is 14.6 Å². The second-order valence-electron chi connectivity index (χ2n) is 5.03. The summed E-state index contributed by atoms with van der Waals surface area (Å²) < 4.78 is 5.48. The monoisotopic (exact) mass is 270 g/mol. The summed E-state index contributed by atoms with van der Waals surface area (Å²) in [5.41, 5.74) is 0.805. The number of anilines is 1. The van der Waals surface area contributed by atoms with Crippen molar-refractivity contribution in [2.75, 3.05) is 24.7 Å². The summed E-state index contributed by atoms with van der Waals surface area (Å²) in [5.74, 6) is -0.781. The van der Waals surface area contributed by atoms with E-state index in [-0.39, 0.29) is 12.0 Å². The first-order valence-electron chi connectivity index (χ1n) is 6.00. The molecule has 0 atom stereocenters. The molecule has 1 aliphatic rings. The molecule has 1 aromatic rings. The molecular weight excluding hydrogens is 252 g/mol. The van der Waals surface area contributed by atoms with Crippen LogP contribution in [0, 0.1) is 0 Å². The van der Waals surface area contributed by atoms with E-state index in [0.29, 0.717) is 19.6 Å². The minimum absolute atomic E-state index is 0.0554. The lowest BCUT2D eigenvalue weighted by Crippen LogP contribution is -2.53. The summed E-state index contributed by atoms with van der Waals surface area (Å²) in [7, 11) is 0. The lowest BCUT2D eigenvalue weighted by molar-refractivity contribution is -0.136. The van der Waals surface area contributed by atoms with E-state index in [1.165, 1.54) is 0 Å². The number of aliphatic carboxylic acids is 1. The topological polar surface area (TPSA) is 62.7 Å². The molecule has 0 bridgehead atoms. The number of carbonyl (C=O) groups is 1. The van der Waals surface area contributed by atoms with Crippen LogP contribution in [0.1, 0.15) is 26.0 Å². The van der Waals surface area contributed by atoms with Crippen LogP contribution in [-0.2, 0) is 16.0 Å². The van der Waals surface area contributed by atoms with Crippen LogP contribution < -0.4 is 4.90 Å². The van der Waals surface area contributed by atoms with Crippen molar-refractivity contribution in [3.05, 3.63) is 11.1 Å². The summed E-state index contributed by atoms with van der Waals surface area (Å²) in [4.78, 5) is 17.3. The van der Waals surface area contributed by atoms with Gasteiger partial charge in [-0.15, -0.1) is 11.3 Å². The van der Waals surface area contributed by atoms with Crippen molar-refractivity contribution in [3.63, 3.8) is 0 Å². The zero-order valence-corrected chi connectivity index (χ0v) is 11.5. The van der Waals surface area contributed by atoms with Crippen molar-refractivity contribution in [2.24, 2.45) is 0 Å². The lowest BCUT2D eigenvalue weighted by atomic mass is 10.0. The van der Waals surface area contributed by atoms with Gasteiger partial charge in [-0.3, -0.25) is 4.79 Å². The number of aromatic nitrogens is 1. The number of rotatable bonds is 4. The third-order valence-corrected chi connectivity index (χ3v) is 3.92. The van der Waals surface area contributed by atoms with Crippen LogP contribution in [0.15, 0.2) is 5.38 Å². The highest BCUT2D eigenvalue weighted by Crippen LogP contribution is 2.29. The third-order valence-electron chi connectivity index (χ3n) is 3.01. The molecule has 2 heterocycles. The molecule has 100 valence electrons. The predicted molar refractivity (Wildman–Crippen MR) is 70.3 cm³/mol. The first-order valence-corrected chi connectivity index (χ1v) is 6.88. The minimum atomic E-state index is -0.781. The Hall–Kier alpha value is -1.14. The number of ether oxygens (including phenoxy) is 1. The Kier molecular flexibility index (Phi) is 3.87. The fourth-order valence-corrected chi connectivity index (χ4v) is 3.03. The fraction of sp³-hybridized carbons (Fsp3) is 0.667. The molecule has 0 saturated carbocycles. The molecule has 18 heavy (non-hydrogen) atoms. The molecule has 1 fully saturated rings. The van der Waals surface area contributed by atoms with Crippen LogP contribution in [0.4, 0.5) is 5.13 Å². The van der Waals surface area contributed by atoms with E-state index in [2.05, 4.69) is 23.7 Å². The SMILES string of the molecule is CC1(C)COCCN1c1nc(CCC(=O)O)cs1. The zero-order chi connectivity index (χ0) is 13.2. The molecule has 1 N–H and O–H groups in total. The van der Waals surface area contributed by atoms with E-state index in [9.17, 15) is 4.79 Å². The first-order chi connectivity index (χ1) is 8.49. The van der Waals surface area contributed by atoms with Gasteiger partial charge < -0.3 is 14.7 Å². The van der Waals surface area contributed by atoms with Crippen molar-refractivity contribution >= 4 is 22.4 Å². The average Bonchev–Trinajstić information content (AvgIpc) is 2.74. The Morgan fingerprint density at radius 2 is 2.44 bits per heavy atom. The van der Waals surface area contributed by atoms with Gasteiger partial charge in [0.1, 0.15) is 0 Å². The molecule has 6 heteroatoms. The maximum atomic E-state index is 10.5. The van der Waals surface area contributed by atoms with E-state index < -0.39 is 5.97 Å². The van der Waals surface area contributed by atoms with Gasteiger partial charge in [0, 0.05) is 18.3 Å². The lowest BCUT2D eigenvalue weighted by Gasteiger charge is -2.42. The average molecular weight is 270 g/mol. The summed E-state index contributed by atoms with van der Waals surface area (Å²) in [6.07, 6.45) is 0.631. The normalized spacial score (nSPS) is 18.9. The minimum Gasteiger partial charge on any atom is -0.481 e. The number of carboxylic acid groups (broad SMARTS) is 1. The molecule has 0 radical (unpaired) electrons. The largest absolute Gasteiger partial charge is 0.481 e. The molecule has 1 aliphatic heterocycles. The number of hydrogen-bond acceptors (Lipinski definition) is 5. The van der Waals surface area contributed by atoms with E-state index in [1.54, 1.807) is 11.3 Å². The summed E-state index contributed by atoms with van der Waals surface area (Å²) >= 11 is 1.58. The van der Waals surface area contributed by atoms with Crippen LogP contribution in [0.25, 0.3) is 0 Å². The van der Waals surface area contributed by atoms with Gasteiger partial charge in [0.15, 0.2) is 5.13 Å². The van der Waals surface area contributed by atoms with Gasteiger partial charge in [0.05, 0.1) is 30.9 Å². The zero-order valence-electron chi connectivity index (χ0n) is 10.7. The molecule has 0 unspecified atom stereocenters. The molecule has 0 aliphatic carbocycles. The van der Waals surface area contributed by atoms with Crippen LogP contribution in [0.2, 0.25) is 0 Å². The van der Waals surface area contributed by atoms with Crippen LogP contribution in [-0.4, -0.2) is 41.4 Å². The quantitative estimate of drug-likeness (QED) is 0.903. The van der Waals surface area contributed by atoms with Gasteiger partial charge in [-0.2, -0.15) is 0 Å². The van der Waals surface area contributed by atoms with Crippen LogP contribution in [0.5, 0.6) is 0 Å². The Balaban J connectivity index is 2.06. The highest BCUT2D eigenvalue weighted by atomic mass is 32.1. The summed E-state index contributed by atoms with van der Waals surface area (Å²) in [6, 6.07) is 0. The highest BCUT2D eigenvalue weighted by molar-refractivity contribution is 7.13. The number of hydrogen-bond donors (Lipinski definition) is 1. The number of nitrogens with zero attached hydrogens (tertiary/aromatic N) is 2. The second-order valence-corrected chi connectivity index (χ2v) is 5.87. The number of morpholine rings is 1. The maximum Gasteiger partial charge on any atom is 0.303 e. The third kappa shape index (κ3) is 3.00. The van der Waals surface area contributed by atoms with Gasteiger partial charge in [0.2, 0.25) is 0 Å². The summed E-state index contributed by atoms with van der Waals surface area (Å²) in [6.45, 7) is 6.50. The molecule has 1 aromatic heterocycles. The standard InChI is InChI=1S/C12H18N2O3S/c1-12(2)8-17-6-5-14(12)11-13-9(7-18-11)3-4-10(15)16/h7H,3-6,8H2,1-2H3,(H,15,16). The van der Waals surface area contributed by atoms with Gasteiger partial charge in [-0.25, -0.2) is 4.98 Å². The fourth-order valence-electron chi connectivity index (χ4n) is 1.98. The van der Waals surface area contributed by atoms with Gasteiger partial charge in [0.25, 0.3) is 0 Å². The molecule has 5 nitrogen and oxygen atoms in total. The number of aryl methyl sites for hydroxylation is 1. The van der Waals surface area contributed by atoms with E-state index >= 15 is 0 Å². The predicted octanol–water partition coefficient (Wildman–Crippen LogP) is 1.78. The maximum absolute atomic E-state index is 10.5. The van der Waals surface area contributed by atoms with Crippen LogP contribution in [0.3, 0.4) is 0 Å². The van der Waals surface area contributed by atoms with E-state index in [1.807, 2.05) is 5.38 Å². The molecule has 2 rings (SSSR count). The Morgan fingerprint density at radius 1 is 1.67 bits per heavy atom. The van der Waals surface area contributed by atoms with Crippen LogP contribution >= 0.6 is 11.3 Å². The molecule has 0 amide bonds. The van der Waals surface area contributed by atoms with Gasteiger partial charge in [-0.1, -0.05) is 0 Å². The van der Waals surface area contributed by atoms with Gasteiger partial charge >= 0.3 is 5.97 Å². The van der Waals surface area contributed by atoms with Crippen molar-refractivity contribution in [2.45, 2.75) is 32.2 Å². The van der Waals surface area contributed by atoms with E-state index in [0.717, 1.165) is 17.4 Å². The molecule has 0 spiro atoms. The number of carboxylic acids is 1. The Morgan fingerprint density at radius 3 is 3.11 bits per heavy atom.